The summed E-state index contributed by atoms with van der Waals surface area (Å²) >= 11 is 0. The van der Waals surface area contributed by atoms with Gasteiger partial charge in [-0.15, -0.1) is 0 Å². The Hall–Kier alpha value is -2.58. The van der Waals surface area contributed by atoms with Gasteiger partial charge in [0.2, 0.25) is 15.9 Å². The van der Waals surface area contributed by atoms with Crippen LogP contribution in [0.25, 0.3) is 0 Å². The lowest BCUT2D eigenvalue weighted by atomic mass is 10.1. The van der Waals surface area contributed by atoms with E-state index in [1.807, 2.05) is 31.2 Å². The standard InChI is InChI=1S/C22H28N2O5S/c1-17-4-6-18(7-5-17)8-11-22(25)23-12-14-24(15-13-23)30(26,27)19-9-10-20(28-2)21(16-19)29-3/h4-7,9-10,16H,8,11-15H2,1-3H3. The number of carbonyl (C=O) groups excluding carboxylic acids is 1. The van der Waals surface area contributed by atoms with Crippen LogP contribution in [-0.2, 0) is 21.2 Å². The van der Waals surface area contributed by atoms with Crippen LogP contribution in [0.15, 0.2) is 47.4 Å². The molecule has 1 aliphatic rings. The van der Waals surface area contributed by atoms with Gasteiger partial charge in [-0.25, -0.2) is 8.42 Å². The summed E-state index contributed by atoms with van der Waals surface area (Å²) in [4.78, 5) is 14.4. The molecule has 8 heteroatoms. The topological polar surface area (TPSA) is 76.2 Å². The zero-order valence-electron chi connectivity index (χ0n) is 17.6. The summed E-state index contributed by atoms with van der Waals surface area (Å²) in [5.74, 6) is 0.891. The van der Waals surface area contributed by atoms with E-state index in [0.717, 1.165) is 5.56 Å². The van der Waals surface area contributed by atoms with E-state index in [9.17, 15) is 13.2 Å². The highest BCUT2D eigenvalue weighted by Gasteiger charge is 2.30. The van der Waals surface area contributed by atoms with E-state index in [1.54, 1.807) is 11.0 Å². The van der Waals surface area contributed by atoms with Crippen LogP contribution in [0.2, 0.25) is 0 Å². The van der Waals surface area contributed by atoms with Gasteiger partial charge in [0.15, 0.2) is 11.5 Å². The van der Waals surface area contributed by atoms with Crippen LogP contribution in [0.4, 0.5) is 0 Å². The first-order chi connectivity index (χ1) is 14.3. The maximum absolute atomic E-state index is 13.0. The van der Waals surface area contributed by atoms with E-state index < -0.39 is 10.0 Å². The molecule has 0 aromatic heterocycles. The number of piperazine rings is 1. The molecule has 0 bridgehead atoms. The second-order valence-corrected chi connectivity index (χ2v) is 9.23. The molecule has 0 aliphatic carbocycles. The second kappa shape index (κ2) is 9.49. The van der Waals surface area contributed by atoms with Gasteiger partial charge in [-0.1, -0.05) is 29.8 Å². The van der Waals surface area contributed by atoms with E-state index in [2.05, 4.69) is 0 Å². The van der Waals surface area contributed by atoms with Crippen molar-refractivity contribution in [2.24, 2.45) is 0 Å². The summed E-state index contributed by atoms with van der Waals surface area (Å²) in [7, 11) is -0.700. The van der Waals surface area contributed by atoms with Crippen molar-refractivity contribution < 1.29 is 22.7 Å². The smallest absolute Gasteiger partial charge is 0.243 e. The number of hydrogen-bond acceptors (Lipinski definition) is 5. The zero-order valence-corrected chi connectivity index (χ0v) is 18.4. The van der Waals surface area contributed by atoms with E-state index >= 15 is 0 Å². The van der Waals surface area contributed by atoms with Crippen molar-refractivity contribution in [2.75, 3.05) is 40.4 Å². The number of hydrogen-bond donors (Lipinski definition) is 0. The molecule has 2 aromatic rings. The van der Waals surface area contributed by atoms with E-state index in [1.165, 1.54) is 36.2 Å². The fourth-order valence-corrected chi connectivity index (χ4v) is 4.91. The minimum absolute atomic E-state index is 0.0544. The first-order valence-corrected chi connectivity index (χ1v) is 11.3. The number of benzene rings is 2. The largest absolute Gasteiger partial charge is 0.493 e. The van der Waals surface area contributed by atoms with Gasteiger partial charge in [-0.05, 0) is 31.0 Å². The Morgan fingerprint density at radius 2 is 1.57 bits per heavy atom. The SMILES string of the molecule is COc1ccc(S(=O)(=O)N2CCN(C(=O)CCc3ccc(C)cc3)CC2)cc1OC. The van der Waals surface area contributed by atoms with Crippen molar-refractivity contribution in [3.63, 3.8) is 0 Å². The Bertz CT molecular complexity index is 981. The molecule has 1 heterocycles. The van der Waals surface area contributed by atoms with Gasteiger partial charge in [0.25, 0.3) is 0 Å². The van der Waals surface area contributed by atoms with Gasteiger partial charge in [0, 0.05) is 38.7 Å². The third-order valence-electron chi connectivity index (χ3n) is 5.33. The molecule has 0 atom stereocenters. The maximum atomic E-state index is 13.0. The van der Waals surface area contributed by atoms with Crippen molar-refractivity contribution in [1.82, 2.24) is 9.21 Å². The lowest BCUT2D eigenvalue weighted by Gasteiger charge is -2.34. The molecule has 1 aliphatic heterocycles. The molecule has 0 radical (unpaired) electrons. The second-order valence-electron chi connectivity index (χ2n) is 7.29. The van der Waals surface area contributed by atoms with E-state index in [0.29, 0.717) is 37.4 Å². The molecule has 3 rings (SSSR count). The predicted octanol–water partition coefficient (Wildman–Crippen LogP) is 2.48. The summed E-state index contributed by atoms with van der Waals surface area (Å²) in [5, 5.41) is 0. The minimum Gasteiger partial charge on any atom is -0.493 e. The Labute approximate surface area is 178 Å². The molecular formula is C22H28N2O5S. The van der Waals surface area contributed by atoms with Crippen molar-refractivity contribution >= 4 is 15.9 Å². The quantitative estimate of drug-likeness (QED) is 0.672. The van der Waals surface area contributed by atoms with E-state index in [-0.39, 0.29) is 23.9 Å². The summed E-state index contributed by atoms with van der Waals surface area (Å²) < 4.78 is 37.8. The van der Waals surface area contributed by atoms with Crippen molar-refractivity contribution in [3.8, 4) is 11.5 Å². The summed E-state index contributed by atoms with van der Waals surface area (Å²) in [6.07, 6.45) is 1.11. The van der Waals surface area contributed by atoms with Crippen LogP contribution in [0, 0.1) is 6.92 Å². The zero-order chi connectivity index (χ0) is 21.7. The maximum Gasteiger partial charge on any atom is 0.243 e. The third-order valence-corrected chi connectivity index (χ3v) is 7.23. The van der Waals surface area contributed by atoms with Crippen molar-refractivity contribution in [1.29, 1.82) is 0 Å². The molecule has 1 fully saturated rings. The Kier molecular flexibility index (Phi) is 6.99. The van der Waals surface area contributed by atoms with Crippen molar-refractivity contribution in [2.45, 2.75) is 24.7 Å². The van der Waals surface area contributed by atoms with Gasteiger partial charge in [-0.2, -0.15) is 4.31 Å². The fraction of sp³-hybridized carbons (Fsp3) is 0.409. The molecule has 0 spiro atoms. The lowest BCUT2D eigenvalue weighted by molar-refractivity contribution is -0.132. The minimum atomic E-state index is -3.67. The molecule has 1 amide bonds. The van der Waals surface area contributed by atoms with Crippen LogP contribution in [0.3, 0.4) is 0 Å². The summed E-state index contributed by atoms with van der Waals surface area (Å²) in [6.45, 7) is 3.35. The predicted molar refractivity (Wildman–Crippen MR) is 114 cm³/mol. The van der Waals surface area contributed by atoms with Crippen LogP contribution < -0.4 is 9.47 Å². The molecule has 0 saturated carbocycles. The monoisotopic (exact) mass is 432 g/mol. The Balaban J connectivity index is 1.58. The number of rotatable bonds is 7. The van der Waals surface area contributed by atoms with E-state index in [4.69, 9.17) is 9.47 Å². The highest BCUT2D eigenvalue weighted by Crippen LogP contribution is 2.30. The number of carbonyl (C=O) groups is 1. The highest BCUT2D eigenvalue weighted by molar-refractivity contribution is 7.89. The fourth-order valence-electron chi connectivity index (χ4n) is 3.47. The molecule has 1 saturated heterocycles. The number of nitrogens with zero attached hydrogens (tertiary/aromatic N) is 2. The average molecular weight is 433 g/mol. The van der Waals surface area contributed by atoms with Crippen LogP contribution >= 0.6 is 0 Å². The number of sulfonamides is 1. The normalized spacial score (nSPS) is 15.1. The number of aryl methyl sites for hydroxylation is 2. The van der Waals surface area contributed by atoms with Gasteiger partial charge in [-0.3, -0.25) is 4.79 Å². The molecule has 2 aromatic carbocycles. The lowest BCUT2D eigenvalue weighted by Crippen LogP contribution is -2.50. The first kappa shape index (κ1) is 22.1. The van der Waals surface area contributed by atoms with Gasteiger partial charge < -0.3 is 14.4 Å². The molecule has 0 N–H and O–H groups in total. The van der Waals surface area contributed by atoms with Crippen LogP contribution in [0.1, 0.15) is 17.5 Å². The Morgan fingerprint density at radius 1 is 0.933 bits per heavy atom. The molecular weight excluding hydrogens is 404 g/mol. The number of amides is 1. The van der Waals surface area contributed by atoms with Gasteiger partial charge in [0.1, 0.15) is 0 Å². The molecule has 162 valence electrons. The first-order valence-electron chi connectivity index (χ1n) is 9.90. The highest BCUT2D eigenvalue weighted by atomic mass is 32.2. The molecule has 30 heavy (non-hydrogen) atoms. The van der Waals surface area contributed by atoms with Crippen LogP contribution in [0.5, 0.6) is 11.5 Å². The third kappa shape index (κ3) is 4.94. The Morgan fingerprint density at radius 3 is 2.17 bits per heavy atom. The molecule has 0 unspecified atom stereocenters. The number of methoxy groups -OCH3 is 2. The summed E-state index contributed by atoms with van der Waals surface area (Å²) in [6, 6.07) is 12.7. The average Bonchev–Trinajstić information content (AvgIpc) is 2.78. The molecule has 7 nitrogen and oxygen atoms in total. The van der Waals surface area contributed by atoms with Crippen LogP contribution in [-0.4, -0.2) is 63.9 Å². The van der Waals surface area contributed by atoms with Crippen molar-refractivity contribution in [3.05, 3.63) is 53.6 Å². The van der Waals surface area contributed by atoms with Gasteiger partial charge >= 0.3 is 0 Å². The summed E-state index contributed by atoms with van der Waals surface area (Å²) in [5.41, 5.74) is 2.32. The number of ether oxygens (including phenoxy) is 2. The van der Waals surface area contributed by atoms with Gasteiger partial charge in [0.05, 0.1) is 19.1 Å².